The van der Waals surface area contributed by atoms with Gasteiger partial charge in [0.1, 0.15) is 12.4 Å². The zero-order chi connectivity index (χ0) is 14.5. The molecule has 1 aromatic rings. The number of oxime groups is 1. The third kappa shape index (κ3) is 4.25. The van der Waals surface area contributed by atoms with Gasteiger partial charge in [-0.3, -0.25) is 0 Å². The Labute approximate surface area is 136 Å². The molecule has 0 amide bonds. The lowest BCUT2D eigenvalue weighted by molar-refractivity contribution is 0.0471. The minimum absolute atomic E-state index is 0. The molecule has 1 saturated heterocycles. The molecule has 122 valence electrons. The first-order valence-corrected chi connectivity index (χ1v) is 7.32. The number of nitrogens with zero attached hydrogens (tertiary/aromatic N) is 2. The molecule has 1 fully saturated rings. The predicted octanol–water partition coefficient (Wildman–Crippen LogP) is 1.43. The molecule has 7 heteroatoms. The van der Waals surface area contributed by atoms with E-state index in [1.54, 1.807) is 0 Å². The summed E-state index contributed by atoms with van der Waals surface area (Å²) in [5.74, 6) is 0.851. The maximum atomic E-state index is 5.82. The topological polar surface area (TPSA) is 69.3 Å². The normalized spacial score (nSPS) is 20.9. The van der Waals surface area contributed by atoms with Crippen molar-refractivity contribution < 1.29 is 14.3 Å². The lowest BCUT2D eigenvalue weighted by Crippen LogP contribution is -2.36. The first-order valence-electron chi connectivity index (χ1n) is 7.32. The van der Waals surface area contributed by atoms with Crippen molar-refractivity contribution in [2.24, 2.45) is 10.9 Å². The Morgan fingerprint density at radius 3 is 2.86 bits per heavy atom. The lowest BCUT2D eigenvalue weighted by Gasteiger charge is -2.29. The van der Waals surface area contributed by atoms with Crippen molar-refractivity contribution in [1.82, 2.24) is 0 Å². The first-order chi connectivity index (χ1) is 10.3. The van der Waals surface area contributed by atoms with Crippen LogP contribution in [0.3, 0.4) is 0 Å². The smallest absolute Gasteiger partial charge is 0.166 e. The average molecular weight is 328 g/mol. The Bertz CT molecular complexity index is 507. The minimum Gasteiger partial charge on any atom is -0.490 e. The highest BCUT2D eigenvalue weighted by molar-refractivity contribution is 5.87. The zero-order valence-electron chi connectivity index (χ0n) is 12.4. The monoisotopic (exact) mass is 327 g/mol. The van der Waals surface area contributed by atoms with Gasteiger partial charge in [0.05, 0.1) is 18.9 Å². The summed E-state index contributed by atoms with van der Waals surface area (Å²) in [5.41, 5.74) is 7.60. The van der Waals surface area contributed by atoms with Gasteiger partial charge in [-0.05, 0) is 12.1 Å². The van der Waals surface area contributed by atoms with E-state index in [4.69, 9.17) is 20.0 Å². The number of rotatable bonds is 5. The molecule has 0 aromatic heterocycles. The molecule has 2 aliphatic heterocycles. The summed E-state index contributed by atoms with van der Waals surface area (Å²) in [7, 11) is 0. The van der Waals surface area contributed by atoms with E-state index >= 15 is 0 Å². The molecular weight excluding hydrogens is 306 g/mol. The van der Waals surface area contributed by atoms with Crippen molar-refractivity contribution in [3.63, 3.8) is 0 Å². The maximum absolute atomic E-state index is 5.82. The molecule has 2 heterocycles. The Morgan fingerprint density at radius 2 is 2.14 bits per heavy atom. The van der Waals surface area contributed by atoms with Gasteiger partial charge >= 0.3 is 0 Å². The quantitative estimate of drug-likeness (QED) is 0.886. The maximum Gasteiger partial charge on any atom is 0.166 e. The molecular formula is C15H22ClN3O3. The number of ether oxygens (including phenoxy) is 2. The molecule has 2 N–H and O–H groups in total. The molecule has 0 radical (unpaired) electrons. The van der Waals surface area contributed by atoms with Crippen LogP contribution >= 0.6 is 12.4 Å². The van der Waals surface area contributed by atoms with Crippen molar-refractivity contribution in [3.8, 4) is 5.75 Å². The van der Waals surface area contributed by atoms with E-state index in [0.29, 0.717) is 13.2 Å². The second-order valence-electron chi connectivity index (χ2n) is 5.20. The summed E-state index contributed by atoms with van der Waals surface area (Å²) in [6, 6.07) is 8.13. The minimum atomic E-state index is -0.0319. The van der Waals surface area contributed by atoms with Crippen LogP contribution in [-0.2, 0) is 9.57 Å². The van der Waals surface area contributed by atoms with Crippen molar-refractivity contribution >= 4 is 23.8 Å². The number of benzene rings is 1. The number of hydrogen-bond acceptors (Lipinski definition) is 6. The molecule has 0 aliphatic carbocycles. The average Bonchev–Trinajstić information content (AvgIpc) is 3.02. The van der Waals surface area contributed by atoms with E-state index in [1.807, 2.05) is 12.1 Å². The number of hydrogen-bond donors (Lipinski definition) is 1. The highest BCUT2D eigenvalue weighted by atomic mass is 35.5. The summed E-state index contributed by atoms with van der Waals surface area (Å²) < 4.78 is 11.2. The molecule has 1 aromatic carbocycles. The fourth-order valence-electron chi connectivity index (χ4n) is 2.48. The Morgan fingerprint density at radius 1 is 1.32 bits per heavy atom. The Hall–Kier alpha value is -1.50. The fraction of sp³-hybridized carbons (Fsp3) is 0.533. The summed E-state index contributed by atoms with van der Waals surface area (Å²) in [6.07, 6.45) is 0.718. The largest absolute Gasteiger partial charge is 0.490 e. The first kappa shape index (κ1) is 16.9. The lowest BCUT2D eigenvalue weighted by atomic mass is 10.2. The summed E-state index contributed by atoms with van der Waals surface area (Å²) in [4.78, 5) is 7.58. The van der Waals surface area contributed by atoms with Crippen molar-refractivity contribution in [3.05, 3.63) is 24.3 Å². The Balaban J connectivity index is 0.00000176. The van der Waals surface area contributed by atoms with Gasteiger partial charge in [-0.25, -0.2) is 0 Å². The van der Waals surface area contributed by atoms with E-state index in [9.17, 15) is 0 Å². The van der Waals surface area contributed by atoms with Crippen molar-refractivity contribution in [2.75, 3.05) is 44.4 Å². The second-order valence-corrected chi connectivity index (χ2v) is 5.20. The van der Waals surface area contributed by atoms with Gasteiger partial charge in [-0.2, -0.15) is 0 Å². The molecule has 0 spiro atoms. The van der Waals surface area contributed by atoms with Crippen molar-refractivity contribution in [1.29, 1.82) is 0 Å². The van der Waals surface area contributed by atoms with Crippen LogP contribution in [0.4, 0.5) is 5.69 Å². The molecule has 1 atom stereocenters. The zero-order valence-corrected chi connectivity index (χ0v) is 13.3. The SMILES string of the molecule is Cl.NCC1=NOC(COc2cccc(N3CCOCC3)c2)C1. The molecule has 1 unspecified atom stereocenters. The van der Waals surface area contributed by atoms with E-state index in [1.165, 1.54) is 5.69 Å². The molecule has 22 heavy (non-hydrogen) atoms. The van der Waals surface area contributed by atoms with Gasteiger partial charge in [0, 0.05) is 37.8 Å². The standard InChI is InChI=1S/C15H21N3O3.ClH/c16-10-12-8-15(21-17-12)11-20-14-3-1-2-13(9-14)18-4-6-19-7-5-18;/h1-3,9,15H,4-8,10-11,16H2;1H. The number of halogens is 1. The third-order valence-corrected chi connectivity index (χ3v) is 3.66. The van der Waals surface area contributed by atoms with Gasteiger partial charge < -0.3 is 24.9 Å². The molecule has 6 nitrogen and oxygen atoms in total. The summed E-state index contributed by atoms with van der Waals surface area (Å²) in [5, 5.41) is 3.93. The van der Waals surface area contributed by atoms with Crippen LogP contribution in [0.1, 0.15) is 6.42 Å². The Kier molecular flexibility index (Phi) is 6.30. The van der Waals surface area contributed by atoms with Crippen LogP contribution < -0.4 is 15.4 Å². The predicted molar refractivity (Wildman–Crippen MR) is 88.2 cm³/mol. The molecule has 0 bridgehead atoms. The van der Waals surface area contributed by atoms with Gasteiger partial charge in [0.25, 0.3) is 0 Å². The van der Waals surface area contributed by atoms with Gasteiger partial charge in [0.2, 0.25) is 0 Å². The van der Waals surface area contributed by atoms with E-state index in [2.05, 4.69) is 22.2 Å². The summed E-state index contributed by atoms with van der Waals surface area (Å²) >= 11 is 0. The van der Waals surface area contributed by atoms with E-state index in [0.717, 1.165) is 44.2 Å². The van der Waals surface area contributed by atoms with E-state index in [-0.39, 0.29) is 18.5 Å². The molecule has 2 aliphatic rings. The fourth-order valence-corrected chi connectivity index (χ4v) is 2.48. The van der Waals surface area contributed by atoms with Crippen LogP contribution in [0, 0.1) is 0 Å². The summed E-state index contributed by atoms with van der Waals surface area (Å²) in [6.45, 7) is 4.33. The highest BCUT2D eigenvalue weighted by Gasteiger charge is 2.20. The molecule has 3 rings (SSSR count). The molecule has 0 saturated carbocycles. The second kappa shape index (κ2) is 8.22. The van der Waals surface area contributed by atoms with E-state index < -0.39 is 0 Å². The number of nitrogens with two attached hydrogens (primary N) is 1. The number of anilines is 1. The van der Waals surface area contributed by atoms with Crippen LogP contribution in [0.25, 0.3) is 0 Å². The highest BCUT2D eigenvalue weighted by Crippen LogP contribution is 2.23. The van der Waals surface area contributed by atoms with Crippen LogP contribution in [-0.4, -0.2) is 51.3 Å². The van der Waals surface area contributed by atoms with Crippen molar-refractivity contribution in [2.45, 2.75) is 12.5 Å². The number of morpholine rings is 1. The van der Waals surface area contributed by atoms with Crippen LogP contribution in [0.15, 0.2) is 29.4 Å². The van der Waals surface area contributed by atoms with Gasteiger partial charge in [-0.15, -0.1) is 12.4 Å². The van der Waals surface area contributed by atoms with Crippen LogP contribution in [0.5, 0.6) is 5.75 Å². The third-order valence-electron chi connectivity index (χ3n) is 3.66. The van der Waals surface area contributed by atoms with Crippen LogP contribution in [0.2, 0.25) is 0 Å². The van der Waals surface area contributed by atoms with Gasteiger partial charge in [0.15, 0.2) is 6.10 Å². The van der Waals surface area contributed by atoms with Gasteiger partial charge in [-0.1, -0.05) is 11.2 Å².